The van der Waals surface area contributed by atoms with Crippen molar-refractivity contribution in [1.82, 2.24) is 19.7 Å². The molecule has 0 aliphatic carbocycles. The Balaban J connectivity index is 0.000000358. The van der Waals surface area contributed by atoms with E-state index in [9.17, 15) is 4.79 Å². The number of likely N-dealkylation sites (tertiary alicyclic amines) is 1. The Hall–Kier alpha value is -3.27. The monoisotopic (exact) mass is 664 g/mol. The lowest BCUT2D eigenvalue weighted by Crippen LogP contribution is -2.44. The van der Waals surface area contributed by atoms with E-state index in [0.717, 1.165) is 122 Å². The number of amides is 1. The van der Waals surface area contributed by atoms with Gasteiger partial charge in [-0.05, 0) is 85.0 Å². The molecule has 2 saturated heterocycles. The van der Waals surface area contributed by atoms with Gasteiger partial charge in [-0.2, -0.15) is 0 Å². The lowest BCUT2D eigenvalue weighted by molar-refractivity contribution is -0.120. The molecule has 8 nitrogen and oxygen atoms in total. The quantitative estimate of drug-likeness (QED) is 0.218. The van der Waals surface area contributed by atoms with Gasteiger partial charge >= 0.3 is 0 Å². The average molecular weight is 666 g/mol. The van der Waals surface area contributed by atoms with Gasteiger partial charge in [0.05, 0.1) is 26.4 Å². The first-order valence-corrected chi connectivity index (χ1v) is 16.9. The van der Waals surface area contributed by atoms with Gasteiger partial charge in [0.1, 0.15) is 17.6 Å². The number of aromatic amines is 1. The number of carbonyl (C=O) groups is 1. The number of fused-ring (bicyclic) bond motifs is 3. The number of ether oxygens (including phenoxy) is 3. The molecule has 244 valence electrons. The summed E-state index contributed by atoms with van der Waals surface area (Å²) in [5.41, 5.74) is 4.47. The zero-order chi connectivity index (χ0) is 31.9. The highest BCUT2D eigenvalue weighted by atomic mass is 35.5. The molecule has 4 heterocycles. The van der Waals surface area contributed by atoms with Crippen LogP contribution in [0.5, 0.6) is 11.5 Å². The summed E-state index contributed by atoms with van der Waals surface area (Å²) in [5.74, 6) is 1.73. The van der Waals surface area contributed by atoms with E-state index in [1.54, 1.807) is 19.2 Å². The molecule has 0 radical (unpaired) electrons. The second kappa shape index (κ2) is 15.5. The first-order valence-electron chi connectivity index (χ1n) is 16.1. The van der Waals surface area contributed by atoms with Crippen molar-refractivity contribution in [3.05, 3.63) is 93.6 Å². The standard InChI is InChI=1S/C29H35ClN4O3.C7H7ClO/c30-22-3-6-27-26(19-22)25-9-12-34(20-35)29(28(25)31-27)21-1-4-23(5-2-21)37-24-7-10-32(11-8-24)13-14-33-15-17-36-18-16-33;1-9-7-4-2-6(8)3-5-7/h1-6,19-20,24,29,31H,7-18H2;2-5H,1H3. The zero-order valence-corrected chi connectivity index (χ0v) is 27.8. The van der Waals surface area contributed by atoms with Crippen LogP contribution in [0.25, 0.3) is 10.9 Å². The molecule has 4 aromatic rings. The van der Waals surface area contributed by atoms with Gasteiger partial charge in [-0.25, -0.2) is 0 Å². The van der Waals surface area contributed by atoms with Gasteiger partial charge in [0.25, 0.3) is 0 Å². The molecule has 46 heavy (non-hydrogen) atoms. The normalized spacial score (nSPS) is 19.3. The van der Waals surface area contributed by atoms with Crippen LogP contribution in [0.15, 0.2) is 66.7 Å². The minimum Gasteiger partial charge on any atom is -0.497 e. The van der Waals surface area contributed by atoms with E-state index < -0.39 is 0 Å². The van der Waals surface area contributed by atoms with Crippen molar-refractivity contribution >= 4 is 40.5 Å². The molecule has 1 atom stereocenters. The lowest BCUT2D eigenvalue weighted by atomic mass is 9.93. The van der Waals surface area contributed by atoms with E-state index in [1.807, 2.05) is 35.2 Å². The number of H-pyrrole nitrogens is 1. The third kappa shape index (κ3) is 7.99. The van der Waals surface area contributed by atoms with Crippen LogP contribution in [-0.4, -0.2) is 98.3 Å². The van der Waals surface area contributed by atoms with E-state index in [2.05, 4.69) is 39.0 Å². The molecule has 10 heteroatoms. The largest absolute Gasteiger partial charge is 0.497 e. The van der Waals surface area contributed by atoms with Crippen LogP contribution in [-0.2, 0) is 16.0 Å². The maximum absolute atomic E-state index is 12.0. The molecular weight excluding hydrogens is 623 g/mol. The number of carbonyl (C=O) groups excluding carboxylic acids is 1. The molecule has 3 aromatic carbocycles. The summed E-state index contributed by atoms with van der Waals surface area (Å²) in [4.78, 5) is 22.5. The highest BCUT2D eigenvalue weighted by Crippen LogP contribution is 2.39. The number of morpholine rings is 1. The topological polar surface area (TPSA) is 70.3 Å². The van der Waals surface area contributed by atoms with Crippen LogP contribution in [0.4, 0.5) is 0 Å². The number of hydrogen-bond acceptors (Lipinski definition) is 6. The number of rotatable bonds is 8. The number of nitrogens with one attached hydrogen (secondary N) is 1. The van der Waals surface area contributed by atoms with Crippen LogP contribution in [0.3, 0.4) is 0 Å². The fraction of sp³-hybridized carbons (Fsp3) is 0.417. The Kier molecular flexibility index (Phi) is 11.0. The van der Waals surface area contributed by atoms with Crippen LogP contribution < -0.4 is 9.47 Å². The van der Waals surface area contributed by atoms with Crippen molar-refractivity contribution in [1.29, 1.82) is 0 Å². The first kappa shape index (κ1) is 32.7. The number of piperidine rings is 1. The van der Waals surface area contributed by atoms with E-state index >= 15 is 0 Å². The second-order valence-corrected chi connectivity index (χ2v) is 12.9. The van der Waals surface area contributed by atoms with Gasteiger partial charge in [-0.3, -0.25) is 9.69 Å². The summed E-state index contributed by atoms with van der Waals surface area (Å²) in [5, 5.41) is 2.61. The summed E-state index contributed by atoms with van der Waals surface area (Å²) in [6.07, 6.45) is 4.12. The molecule has 1 amide bonds. The predicted octanol–water partition coefficient (Wildman–Crippen LogP) is 6.45. The smallest absolute Gasteiger partial charge is 0.210 e. The molecule has 0 saturated carbocycles. The lowest BCUT2D eigenvalue weighted by Gasteiger charge is -2.35. The van der Waals surface area contributed by atoms with Crippen LogP contribution in [0.1, 0.15) is 35.7 Å². The van der Waals surface area contributed by atoms with Crippen molar-refractivity contribution in [3.63, 3.8) is 0 Å². The Bertz CT molecular complexity index is 1570. The average Bonchev–Trinajstić information content (AvgIpc) is 3.47. The Morgan fingerprint density at radius 1 is 0.848 bits per heavy atom. The van der Waals surface area contributed by atoms with Crippen LogP contribution in [0.2, 0.25) is 10.0 Å². The minimum atomic E-state index is -0.142. The molecule has 7 rings (SSSR count). The van der Waals surface area contributed by atoms with Crippen molar-refractivity contribution in [2.45, 2.75) is 31.4 Å². The van der Waals surface area contributed by atoms with E-state index in [4.69, 9.17) is 37.4 Å². The Labute approximate surface area is 281 Å². The summed E-state index contributed by atoms with van der Waals surface area (Å²) >= 11 is 11.9. The highest BCUT2D eigenvalue weighted by Gasteiger charge is 2.31. The summed E-state index contributed by atoms with van der Waals surface area (Å²) in [7, 11) is 1.63. The molecule has 2 fully saturated rings. The van der Waals surface area contributed by atoms with Crippen molar-refractivity contribution in [2.75, 3.05) is 66.1 Å². The molecule has 3 aliphatic rings. The maximum atomic E-state index is 12.0. The number of methoxy groups -OCH3 is 1. The van der Waals surface area contributed by atoms with Crippen LogP contribution in [0, 0.1) is 0 Å². The first-order chi connectivity index (χ1) is 22.5. The van der Waals surface area contributed by atoms with E-state index in [1.165, 1.54) is 5.56 Å². The molecule has 1 aromatic heterocycles. The predicted molar refractivity (Wildman–Crippen MR) is 183 cm³/mol. The van der Waals surface area contributed by atoms with Gasteiger partial charge in [0, 0.05) is 72.5 Å². The van der Waals surface area contributed by atoms with Crippen molar-refractivity contribution in [2.24, 2.45) is 0 Å². The van der Waals surface area contributed by atoms with Crippen LogP contribution >= 0.6 is 23.2 Å². The van der Waals surface area contributed by atoms with Gasteiger partial charge in [0.15, 0.2) is 0 Å². The van der Waals surface area contributed by atoms with Crippen molar-refractivity contribution in [3.8, 4) is 11.5 Å². The van der Waals surface area contributed by atoms with Gasteiger partial charge < -0.3 is 29.0 Å². The highest BCUT2D eigenvalue weighted by molar-refractivity contribution is 6.31. The molecule has 0 spiro atoms. The maximum Gasteiger partial charge on any atom is 0.210 e. The Morgan fingerprint density at radius 2 is 1.50 bits per heavy atom. The van der Waals surface area contributed by atoms with E-state index in [-0.39, 0.29) is 12.1 Å². The van der Waals surface area contributed by atoms with Crippen molar-refractivity contribution < 1.29 is 19.0 Å². The van der Waals surface area contributed by atoms with Gasteiger partial charge in [0.2, 0.25) is 6.41 Å². The summed E-state index contributed by atoms with van der Waals surface area (Å²) < 4.78 is 16.7. The molecule has 1 unspecified atom stereocenters. The number of aromatic nitrogens is 1. The third-order valence-electron chi connectivity index (χ3n) is 9.18. The molecule has 3 aliphatic heterocycles. The number of halogens is 2. The number of hydrogen-bond donors (Lipinski definition) is 1. The Morgan fingerprint density at radius 3 is 2.17 bits per heavy atom. The third-order valence-corrected chi connectivity index (χ3v) is 9.67. The summed E-state index contributed by atoms with van der Waals surface area (Å²) in [6.45, 7) is 8.92. The number of benzene rings is 3. The SMILES string of the molecule is COc1ccc(Cl)cc1.O=CN1CCc2c([nH]c3ccc(Cl)cc23)C1c1ccc(OC2CCN(CCN3CCOCC3)CC2)cc1. The summed E-state index contributed by atoms with van der Waals surface area (Å²) in [6, 6.07) is 21.3. The second-order valence-electron chi connectivity index (χ2n) is 12.0. The van der Waals surface area contributed by atoms with Gasteiger partial charge in [-0.15, -0.1) is 0 Å². The molecule has 0 bridgehead atoms. The molecular formula is C36H42Cl2N4O4. The molecule has 1 N–H and O–H groups in total. The number of nitrogens with zero attached hydrogens (tertiary/aromatic N) is 3. The van der Waals surface area contributed by atoms with Gasteiger partial charge in [-0.1, -0.05) is 35.3 Å². The van der Waals surface area contributed by atoms with E-state index in [0.29, 0.717) is 6.54 Å². The fourth-order valence-corrected chi connectivity index (χ4v) is 6.90. The zero-order valence-electron chi connectivity index (χ0n) is 26.3. The minimum absolute atomic E-state index is 0.142. The fourth-order valence-electron chi connectivity index (χ4n) is 6.60.